The zero-order valence-corrected chi connectivity index (χ0v) is 30.8. The lowest BCUT2D eigenvalue weighted by Crippen LogP contribution is -2.26. The summed E-state index contributed by atoms with van der Waals surface area (Å²) in [5.74, 6) is -0.806. The highest BCUT2D eigenvalue weighted by atomic mass is 16.5. The monoisotopic (exact) mass is 632 g/mol. The fraction of sp³-hybridized carbons (Fsp3) is 0.667. The molecular formula is C42H64O4. The topological polar surface area (TPSA) is 52.6 Å². The number of benzene rings is 2. The van der Waals surface area contributed by atoms with Crippen LogP contribution < -0.4 is 0 Å². The van der Waals surface area contributed by atoms with Crippen LogP contribution >= 0.6 is 0 Å². The lowest BCUT2D eigenvalue weighted by molar-refractivity contribution is 0.0552. The average Bonchev–Trinajstić information content (AvgIpc) is 3.06. The van der Waals surface area contributed by atoms with Gasteiger partial charge < -0.3 is 9.47 Å². The predicted molar refractivity (Wildman–Crippen MR) is 193 cm³/mol. The van der Waals surface area contributed by atoms with Gasteiger partial charge in [0, 0.05) is 0 Å². The van der Waals surface area contributed by atoms with Crippen molar-refractivity contribution in [2.24, 2.45) is 0 Å². The second-order valence-corrected chi connectivity index (χ2v) is 13.5. The maximum atomic E-state index is 13.8. The third-order valence-corrected chi connectivity index (χ3v) is 10.2. The van der Waals surface area contributed by atoms with E-state index in [1.54, 1.807) is 22.3 Å². The molecule has 256 valence electrons. The Morgan fingerprint density at radius 3 is 1.04 bits per heavy atom. The Morgan fingerprint density at radius 2 is 0.739 bits per heavy atom. The minimum atomic E-state index is -0.403. The number of ether oxygens (including phenoxy) is 2. The Bertz CT molecular complexity index is 1220. The number of carbonyl (C=O) groups excluding carboxylic acids is 2. The molecular weight excluding hydrogens is 568 g/mol. The summed E-state index contributed by atoms with van der Waals surface area (Å²) in [4.78, 5) is 27.5. The summed E-state index contributed by atoms with van der Waals surface area (Å²) in [5, 5.41) is 0. The third-order valence-electron chi connectivity index (χ3n) is 10.2. The van der Waals surface area contributed by atoms with Crippen LogP contribution in [0.25, 0.3) is 0 Å². The SMILES string of the molecule is CCCCCCc1c2c(c(CCCCCC)c(C(=O)OC)c1C(=O)OC)Cc1c(CCC)c(CCC)c(CCC)c(CCC)c1C2. The highest BCUT2D eigenvalue weighted by molar-refractivity contribution is 6.06. The van der Waals surface area contributed by atoms with Gasteiger partial charge in [-0.1, -0.05) is 106 Å². The number of esters is 2. The van der Waals surface area contributed by atoms with E-state index in [1.165, 1.54) is 49.3 Å². The van der Waals surface area contributed by atoms with Crippen LogP contribution in [0.5, 0.6) is 0 Å². The highest BCUT2D eigenvalue weighted by Gasteiger charge is 2.35. The van der Waals surface area contributed by atoms with Crippen LogP contribution in [0.15, 0.2) is 0 Å². The molecule has 0 amide bonds. The molecule has 4 nitrogen and oxygen atoms in total. The maximum Gasteiger partial charge on any atom is 0.339 e. The Balaban J connectivity index is 2.48. The van der Waals surface area contributed by atoms with Crippen molar-refractivity contribution in [3.63, 3.8) is 0 Å². The van der Waals surface area contributed by atoms with Gasteiger partial charge >= 0.3 is 11.9 Å². The van der Waals surface area contributed by atoms with Crippen molar-refractivity contribution in [1.82, 2.24) is 0 Å². The van der Waals surface area contributed by atoms with Crippen molar-refractivity contribution >= 4 is 11.9 Å². The standard InChI is InChI=1S/C42H64O4/c1-9-15-17-19-25-33-37-27-35-31(23-13-5)29(21-11-3)30(22-12-4)32(24-14-6)36(35)28-38(37)34(26-20-18-16-10-2)40(42(44)46-8)39(33)41(43)45-7/h9-28H2,1-8H3. The zero-order valence-electron chi connectivity index (χ0n) is 30.8. The molecule has 0 heterocycles. The lowest BCUT2D eigenvalue weighted by atomic mass is 9.70. The molecule has 0 unspecified atom stereocenters. The molecule has 0 radical (unpaired) electrons. The van der Waals surface area contributed by atoms with Gasteiger partial charge in [-0.25, -0.2) is 9.59 Å². The van der Waals surface area contributed by atoms with Crippen LogP contribution in [-0.4, -0.2) is 26.2 Å². The van der Waals surface area contributed by atoms with Gasteiger partial charge in [-0.05, 0) is 120 Å². The van der Waals surface area contributed by atoms with Crippen molar-refractivity contribution < 1.29 is 19.1 Å². The van der Waals surface area contributed by atoms with E-state index in [9.17, 15) is 9.59 Å². The van der Waals surface area contributed by atoms with Gasteiger partial charge in [0.05, 0.1) is 25.3 Å². The van der Waals surface area contributed by atoms with E-state index in [-0.39, 0.29) is 0 Å². The molecule has 1 aliphatic carbocycles. The number of rotatable bonds is 20. The Kier molecular flexibility index (Phi) is 15.8. The van der Waals surface area contributed by atoms with Crippen molar-refractivity contribution in [2.75, 3.05) is 14.2 Å². The minimum absolute atomic E-state index is 0.403. The molecule has 0 aliphatic heterocycles. The van der Waals surface area contributed by atoms with Gasteiger partial charge in [-0.3, -0.25) is 0 Å². The Morgan fingerprint density at radius 1 is 0.413 bits per heavy atom. The molecule has 3 rings (SSSR count). The van der Waals surface area contributed by atoms with E-state index in [4.69, 9.17) is 9.47 Å². The average molecular weight is 633 g/mol. The first-order valence-electron chi connectivity index (χ1n) is 18.9. The summed E-state index contributed by atoms with van der Waals surface area (Å²) >= 11 is 0. The van der Waals surface area contributed by atoms with Crippen molar-refractivity contribution in [2.45, 2.75) is 170 Å². The molecule has 0 saturated carbocycles. The molecule has 0 aromatic heterocycles. The number of unbranched alkanes of at least 4 members (excludes halogenated alkanes) is 6. The van der Waals surface area contributed by atoms with E-state index >= 15 is 0 Å². The smallest absolute Gasteiger partial charge is 0.339 e. The number of carbonyl (C=O) groups is 2. The Labute approximate surface area is 281 Å². The summed E-state index contributed by atoms with van der Waals surface area (Å²) in [6.07, 6.45) is 21.1. The first-order valence-corrected chi connectivity index (χ1v) is 18.9. The molecule has 0 saturated heterocycles. The minimum Gasteiger partial charge on any atom is -0.465 e. The lowest BCUT2D eigenvalue weighted by Gasteiger charge is -2.34. The molecule has 2 aromatic rings. The summed E-state index contributed by atoms with van der Waals surface area (Å²) < 4.78 is 10.9. The van der Waals surface area contributed by atoms with Crippen LogP contribution in [0.3, 0.4) is 0 Å². The van der Waals surface area contributed by atoms with Gasteiger partial charge in [-0.2, -0.15) is 0 Å². The summed E-state index contributed by atoms with van der Waals surface area (Å²) in [6, 6.07) is 0. The fourth-order valence-corrected chi connectivity index (χ4v) is 8.14. The molecule has 0 spiro atoms. The second-order valence-electron chi connectivity index (χ2n) is 13.5. The summed E-state index contributed by atoms with van der Waals surface area (Å²) in [6.45, 7) is 13.7. The molecule has 2 aromatic carbocycles. The highest BCUT2D eigenvalue weighted by Crippen LogP contribution is 2.43. The number of methoxy groups -OCH3 is 2. The maximum absolute atomic E-state index is 13.8. The van der Waals surface area contributed by atoms with Crippen LogP contribution in [0, 0.1) is 0 Å². The molecule has 1 aliphatic rings. The van der Waals surface area contributed by atoms with E-state index in [0.29, 0.717) is 11.1 Å². The summed E-state index contributed by atoms with van der Waals surface area (Å²) in [5.41, 5.74) is 15.0. The van der Waals surface area contributed by atoms with Crippen molar-refractivity contribution in [3.05, 3.63) is 66.8 Å². The number of hydrogen-bond donors (Lipinski definition) is 0. The zero-order chi connectivity index (χ0) is 33.6. The first kappa shape index (κ1) is 37.8. The third kappa shape index (κ3) is 8.45. The van der Waals surface area contributed by atoms with Gasteiger partial charge in [0.15, 0.2) is 0 Å². The van der Waals surface area contributed by atoms with Gasteiger partial charge in [0.2, 0.25) is 0 Å². The normalized spacial score (nSPS) is 12.2. The second kappa shape index (κ2) is 19.3. The number of hydrogen-bond acceptors (Lipinski definition) is 4. The fourth-order valence-electron chi connectivity index (χ4n) is 8.14. The molecule has 46 heavy (non-hydrogen) atoms. The van der Waals surface area contributed by atoms with E-state index < -0.39 is 11.9 Å². The number of fused-ring (bicyclic) bond motifs is 2. The molecule has 0 bridgehead atoms. The van der Waals surface area contributed by atoms with Crippen molar-refractivity contribution in [3.8, 4) is 0 Å². The van der Waals surface area contributed by atoms with Crippen LogP contribution in [0.1, 0.15) is 195 Å². The quantitative estimate of drug-likeness (QED) is 0.0918. The van der Waals surface area contributed by atoms with Gasteiger partial charge in [0.25, 0.3) is 0 Å². The van der Waals surface area contributed by atoms with Crippen LogP contribution in [0.4, 0.5) is 0 Å². The molecule has 4 heteroatoms. The largest absolute Gasteiger partial charge is 0.465 e. The first-order chi connectivity index (χ1) is 22.4. The van der Waals surface area contributed by atoms with E-state index in [1.807, 2.05) is 0 Å². The molecule has 0 fully saturated rings. The van der Waals surface area contributed by atoms with Crippen LogP contribution in [-0.2, 0) is 60.8 Å². The van der Waals surface area contributed by atoms with Gasteiger partial charge in [0.1, 0.15) is 0 Å². The molecule has 0 atom stereocenters. The van der Waals surface area contributed by atoms with E-state index in [0.717, 1.165) is 127 Å². The molecule has 0 N–H and O–H groups in total. The van der Waals surface area contributed by atoms with Gasteiger partial charge in [-0.15, -0.1) is 0 Å². The Hall–Kier alpha value is -2.62. The predicted octanol–water partition coefficient (Wildman–Crippen LogP) is 10.8. The van der Waals surface area contributed by atoms with E-state index in [2.05, 4.69) is 41.5 Å². The summed E-state index contributed by atoms with van der Waals surface area (Å²) in [7, 11) is 2.89. The van der Waals surface area contributed by atoms with Crippen LogP contribution in [0.2, 0.25) is 0 Å². The van der Waals surface area contributed by atoms with Crippen molar-refractivity contribution in [1.29, 1.82) is 0 Å².